The lowest BCUT2D eigenvalue weighted by atomic mass is 9.82. The minimum atomic E-state index is -0.0876. The SMILES string of the molecule is [B]c1c(C)c(O)c(C)c(CO)c1C. The van der Waals surface area contributed by atoms with E-state index in [1.807, 2.05) is 6.92 Å². The normalized spacial score (nSPS) is 10.5. The third-order valence-corrected chi connectivity index (χ3v) is 2.58. The van der Waals surface area contributed by atoms with E-state index in [4.69, 9.17) is 13.0 Å². The highest BCUT2D eigenvalue weighted by Crippen LogP contribution is 2.25. The third kappa shape index (κ3) is 1.44. The first-order valence-electron chi connectivity index (χ1n) is 4.18. The smallest absolute Gasteiger partial charge is 0.121 e. The average molecular weight is 176 g/mol. The van der Waals surface area contributed by atoms with Crippen molar-refractivity contribution in [2.24, 2.45) is 0 Å². The van der Waals surface area contributed by atoms with Gasteiger partial charge in [0, 0.05) is 0 Å². The number of hydrogen-bond acceptors (Lipinski definition) is 2. The van der Waals surface area contributed by atoms with Gasteiger partial charge >= 0.3 is 0 Å². The van der Waals surface area contributed by atoms with Crippen molar-refractivity contribution in [3.05, 3.63) is 22.3 Å². The van der Waals surface area contributed by atoms with E-state index in [1.54, 1.807) is 13.8 Å². The summed E-state index contributed by atoms with van der Waals surface area (Å²) in [5.41, 5.74) is 3.54. The van der Waals surface area contributed by atoms with Crippen LogP contribution in [-0.2, 0) is 6.61 Å². The van der Waals surface area contributed by atoms with E-state index in [1.165, 1.54) is 0 Å². The van der Waals surface area contributed by atoms with Crippen LogP contribution in [0.5, 0.6) is 5.75 Å². The molecule has 0 saturated carbocycles. The number of benzene rings is 1. The monoisotopic (exact) mass is 176 g/mol. The molecule has 0 bridgehead atoms. The molecule has 0 aliphatic heterocycles. The van der Waals surface area contributed by atoms with Crippen LogP contribution < -0.4 is 5.46 Å². The van der Waals surface area contributed by atoms with Gasteiger partial charge in [-0.25, -0.2) is 0 Å². The van der Waals surface area contributed by atoms with Crippen molar-refractivity contribution in [2.75, 3.05) is 0 Å². The van der Waals surface area contributed by atoms with Crippen molar-refractivity contribution in [1.82, 2.24) is 0 Å². The van der Waals surface area contributed by atoms with Crippen LogP contribution in [0.4, 0.5) is 0 Å². The Kier molecular flexibility index (Phi) is 2.67. The summed E-state index contributed by atoms with van der Waals surface area (Å²) in [4.78, 5) is 0. The second-order valence-electron chi connectivity index (χ2n) is 3.27. The van der Waals surface area contributed by atoms with Gasteiger partial charge in [-0.05, 0) is 37.5 Å². The molecule has 0 spiro atoms. The second kappa shape index (κ2) is 3.42. The van der Waals surface area contributed by atoms with Gasteiger partial charge < -0.3 is 10.2 Å². The predicted octanol–water partition coefficient (Wildman–Crippen LogP) is 0.604. The van der Waals surface area contributed by atoms with E-state index >= 15 is 0 Å². The quantitative estimate of drug-likeness (QED) is 0.615. The molecule has 0 saturated heterocycles. The summed E-state index contributed by atoms with van der Waals surface area (Å²) in [5.74, 6) is 0.187. The maximum atomic E-state index is 9.63. The van der Waals surface area contributed by atoms with Crippen molar-refractivity contribution in [3.8, 4) is 5.75 Å². The maximum Gasteiger partial charge on any atom is 0.121 e. The summed E-state index contributed by atoms with van der Waals surface area (Å²) in [7, 11) is 5.76. The predicted molar refractivity (Wildman–Crippen MR) is 53.6 cm³/mol. The lowest BCUT2D eigenvalue weighted by Crippen LogP contribution is -2.16. The van der Waals surface area contributed by atoms with Crippen LogP contribution in [0.15, 0.2) is 0 Å². The molecular weight excluding hydrogens is 163 g/mol. The average Bonchev–Trinajstić information content (AvgIpc) is 2.13. The Morgan fingerprint density at radius 1 is 1.08 bits per heavy atom. The van der Waals surface area contributed by atoms with Gasteiger partial charge in [0.2, 0.25) is 0 Å². The van der Waals surface area contributed by atoms with Gasteiger partial charge in [0.25, 0.3) is 0 Å². The standard InChI is InChI=1S/C10H13BO2/c1-5-8(4-12)6(2)10(13)7(3)9(5)11/h12-13H,4H2,1-3H3. The third-order valence-electron chi connectivity index (χ3n) is 2.58. The Labute approximate surface area is 79.6 Å². The molecule has 0 aromatic heterocycles. The minimum absolute atomic E-state index is 0.0876. The largest absolute Gasteiger partial charge is 0.507 e. The fourth-order valence-corrected chi connectivity index (χ4v) is 1.51. The van der Waals surface area contributed by atoms with Gasteiger partial charge in [-0.1, -0.05) is 11.0 Å². The minimum Gasteiger partial charge on any atom is -0.507 e. The summed E-state index contributed by atoms with van der Waals surface area (Å²) in [6.45, 7) is 5.31. The summed E-state index contributed by atoms with van der Waals surface area (Å²) in [6.07, 6.45) is 0. The van der Waals surface area contributed by atoms with Crippen molar-refractivity contribution in [3.63, 3.8) is 0 Å². The van der Waals surface area contributed by atoms with E-state index in [2.05, 4.69) is 0 Å². The first-order valence-corrected chi connectivity index (χ1v) is 4.18. The highest BCUT2D eigenvalue weighted by atomic mass is 16.3. The van der Waals surface area contributed by atoms with Crippen LogP contribution in [0.3, 0.4) is 0 Å². The molecule has 2 N–H and O–H groups in total. The molecule has 0 atom stereocenters. The second-order valence-corrected chi connectivity index (χ2v) is 3.27. The van der Waals surface area contributed by atoms with E-state index in [9.17, 15) is 5.11 Å². The first kappa shape index (κ1) is 10.1. The molecular formula is C10H13BO2. The fourth-order valence-electron chi connectivity index (χ4n) is 1.51. The Morgan fingerprint density at radius 2 is 1.62 bits per heavy atom. The topological polar surface area (TPSA) is 40.5 Å². The van der Waals surface area contributed by atoms with E-state index in [0.717, 1.165) is 11.1 Å². The molecule has 0 amide bonds. The van der Waals surface area contributed by atoms with Crippen LogP contribution >= 0.6 is 0 Å². The lowest BCUT2D eigenvalue weighted by Gasteiger charge is -2.15. The molecule has 1 rings (SSSR count). The highest BCUT2D eigenvalue weighted by Gasteiger charge is 2.12. The Bertz CT molecular complexity index is 316. The molecule has 0 unspecified atom stereocenters. The molecule has 2 nitrogen and oxygen atoms in total. The van der Waals surface area contributed by atoms with Crippen molar-refractivity contribution < 1.29 is 10.2 Å². The summed E-state index contributed by atoms with van der Waals surface area (Å²) >= 11 is 0. The molecule has 3 heteroatoms. The summed E-state index contributed by atoms with van der Waals surface area (Å²) < 4.78 is 0. The number of aromatic hydroxyl groups is 1. The van der Waals surface area contributed by atoms with Crippen molar-refractivity contribution in [1.29, 1.82) is 0 Å². The fraction of sp³-hybridized carbons (Fsp3) is 0.400. The van der Waals surface area contributed by atoms with Gasteiger partial charge in [0.15, 0.2) is 0 Å². The van der Waals surface area contributed by atoms with Crippen LogP contribution in [0.2, 0.25) is 0 Å². The molecule has 0 aliphatic carbocycles. The van der Waals surface area contributed by atoms with Crippen LogP contribution in [0, 0.1) is 20.8 Å². The molecule has 0 fully saturated rings. The zero-order chi connectivity index (χ0) is 10.2. The molecule has 1 aromatic rings. The van der Waals surface area contributed by atoms with Gasteiger partial charge in [0.1, 0.15) is 13.6 Å². The van der Waals surface area contributed by atoms with Crippen LogP contribution in [0.1, 0.15) is 22.3 Å². The van der Waals surface area contributed by atoms with E-state index < -0.39 is 0 Å². The van der Waals surface area contributed by atoms with Gasteiger partial charge in [-0.2, -0.15) is 0 Å². The summed E-state index contributed by atoms with van der Waals surface area (Å²) in [6, 6.07) is 0. The molecule has 68 valence electrons. The highest BCUT2D eigenvalue weighted by molar-refractivity contribution is 6.34. The van der Waals surface area contributed by atoms with Gasteiger partial charge in [0.05, 0.1) is 6.61 Å². The number of phenols is 1. The zero-order valence-electron chi connectivity index (χ0n) is 8.18. The number of phenolic OH excluding ortho intramolecular Hbond substituents is 1. The molecule has 2 radical (unpaired) electrons. The Morgan fingerprint density at radius 3 is 2.08 bits per heavy atom. The van der Waals surface area contributed by atoms with Gasteiger partial charge in [-0.3, -0.25) is 0 Å². The Hall–Kier alpha value is -0.955. The molecule has 0 heterocycles. The van der Waals surface area contributed by atoms with E-state index in [0.29, 0.717) is 16.6 Å². The number of aliphatic hydroxyl groups is 1. The summed E-state index contributed by atoms with van der Waals surface area (Å²) in [5, 5.41) is 18.7. The lowest BCUT2D eigenvalue weighted by molar-refractivity contribution is 0.279. The zero-order valence-corrected chi connectivity index (χ0v) is 8.18. The van der Waals surface area contributed by atoms with Crippen molar-refractivity contribution in [2.45, 2.75) is 27.4 Å². The first-order chi connectivity index (χ1) is 6.00. The van der Waals surface area contributed by atoms with E-state index in [-0.39, 0.29) is 12.4 Å². The number of aliphatic hydroxyl groups excluding tert-OH is 1. The number of hydrogen-bond donors (Lipinski definition) is 2. The molecule has 0 aliphatic rings. The molecule has 13 heavy (non-hydrogen) atoms. The Balaban J connectivity index is 3.56. The van der Waals surface area contributed by atoms with Crippen molar-refractivity contribution >= 4 is 13.3 Å². The molecule has 1 aromatic carbocycles. The van der Waals surface area contributed by atoms with Crippen LogP contribution in [0.25, 0.3) is 0 Å². The maximum absolute atomic E-state index is 9.63. The van der Waals surface area contributed by atoms with Gasteiger partial charge in [-0.15, -0.1) is 0 Å². The number of rotatable bonds is 1. The van der Waals surface area contributed by atoms with Crippen LogP contribution in [-0.4, -0.2) is 18.1 Å².